The number of rotatable bonds is 5. The van der Waals surface area contributed by atoms with Gasteiger partial charge in [0.25, 0.3) is 5.56 Å². The van der Waals surface area contributed by atoms with Crippen LogP contribution in [0.5, 0.6) is 0 Å². The lowest BCUT2D eigenvalue weighted by atomic mass is 9.92. The van der Waals surface area contributed by atoms with Crippen LogP contribution in [0, 0.1) is 0 Å². The third kappa shape index (κ3) is 4.87. The van der Waals surface area contributed by atoms with Crippen molar-refractivity contribution < 1.29 is 9.59 Å². The van der Waals surface area contributed by atoms with Gasteiger partial charge < -0.3 is 16.0 Å². The summed E-state index contributed by atoms with van der Waals surface area (Å²) in [6, 6.07) is 14.1. The van der Waals surface area contributed by atoms with E-state index in [1.54, 1.807) is 18.2 Å². The second-order valence-electron chi connectivity index (χ2n) is 6.97. The van der Waals surface area contributed by atoms with Crippen molar-refractivity contribution in [3.8, 4) is 0 Å². The minimum absolute atomic E-state index is 0.0375. The lowest BCUT2D eigenvalue weighted by Gasteiger charge is -2.23. The summed E-state index contributed by atoms with van der Waals surface area (Å²) >= 11 is 12.0. The van der Waals surface area contributed by atoms with Gasteiger partial charge in [0.15, 0.2) is 0 Å². The molecular formula is C21H17Cl2N5O3. The van der Waals surface area contributed by atoms with Crippen molar-refractivity contribution in [3.63, 3.8) is 0 Å². The Balaban J connectivity index is 1.59. The average Bonchev–Trinajstić information content (AvgIpc) is 2.71. The fourth-order valence-electron chi connectivity index (χ4n) is 3.33. The van der Waals surface area contributed by atoms with Crippen LogP contribution >= 0.6 is 23.2 Å². The summed E-state index contributed by atoms with van der Waals surface area (Å²) in [4.78, 5) is 44.6. The molecule has 0 radical (unpaired) electrons. The highest BCUT2D eigenvalue weighted by Gasteiger charge is 2.34. The Morgan fingerprint density at radius 2 is 1.81 bits per heavy atom. The molecular weight excluding hydrogens is 441 g/mol. The quantitative estimate of drug-likeness (QED) is 0.467. The minimum atomic E-state index is -0.946. The number of H-pyrrole nitrogens is 1. The van der Waals surface area contributed by atoms with Crippen LogP contribution in [0.3, 0.4) is 0 Å². The number of carbonyl (C=O) groups is 2. The minimum Gasteiger partial charge on any atom is -0.351 e. The molecule has 2 aromatic carbocycles. The SMILES string of the molecule is O=C1C[C@@H](C(=O)NCc2ccccc2)c2c(nc(Nc3cc(Cl)cc(Cl)c3)[nH]c2=O)N1. The van der Waals surface area contributed by atoms with Crippen molar-refractivity contribution >= 4 is 52.5 Å². The van der Waals surface area contributed by atoms with Crippen LogP contribution in [0.1, 0.15) is 23.5 Å². The molecule has 0 saturated carbocycles. The van der Waals surface area contributed by atoms with Gasteiger partial charge in [0.05, 0.1) is 11.5 Å². The molecule has 1 atom stereocenters. The van der Waals surface area contributed by atoms with Gasteiger partial charge in [-0.3, -0.25) is 19.4 Å². The Kier molecular flexibility index (Phi) is 5.92. The molecule has 4 N–H and O–H groups in total. The molecule has 0 spiro atoms. The van der Waals surface area contributed by atoms with Crippen molar-refractivity contribution in [2.75, 3.05) is 10.6 Å². The topological polar surface area (TPSA) is 116 Å². The van der Waals surface area contributed by atoms with Crippen LogP contribution in [0.15, 0.2) is 53.3 Å². The molecule has 0 saturated heterocycles. The fourth-order valence-corrected chi connectivity index (χ4v) is 3.85. The van der Waals surface area contributed by atoms with Gasteiger partial charge in [-0.05, 0) is 23.8 Å². The summed E-state index contributed by atoms with van der Waals surface area (Å²) in [5.41, 5.74) is 0.989. The number of nitrogens with one attached hydrogen (secondary N) is 4. The van der Waals surface area contributed by atoms with Gasteiger partial charge in [-0.1, -0.05) is 53.5 Å². The predicted octanol–water partition coefficient (Wildman–Crippen LogP) is 3.56. The molecule has 8 nitrogen and oxygen atoms in total. The Morgan fingerprint density at radius 3 is 2.52 bits per heavy atom. The van der Waals surface area contributed by atoms with E-state index in [0.29, 0.717) is 15.7 Å². The number of anilines is 3. The summed E-state index contributed by atoms with van der Waals surface area (Å²) in [5.74, 6) is -1.65. The zero-order valence-corrected chi connectivity index (χ0v) is 17.6. The molecule has 3 aromatic rings. The summed E-state index contributed by atoms with van der Waals surface area (Å²) in [5, 5.41) is 9.04. The Morgan fingerprint density at radius 1 is 1.10 bits per heavy atom. The van der Waals surface area contributed by atoms with Crippen molar-refractivity contribution in [3.05, 3.63) is 80.1 Å². The molecule has 2 heterocycles. The van der Waals surface area contributed by atoms with Crippen LogP contribution in [-0.4, -0.2) is 21.8 Å². The molecule has 1 aliphatic rings. The van der Waals surface area contributed by atoms with Gasteiger partial charge in [-0.15, -0.1) is 0 Å². The summed E-state index contributed by atoms with van der Waals surface area (Å²) in [7, 11) is 0. The Labute approximate surface area is 187 Å². The van der Waals surface area contributed by atoms with E-state index in [9.17, 15) is 14.4 Å². The standard InChI is InChI=1S/C21H17Cl2N5O3/c22-12-6-13(23)8-14(7-12)25-21-27-18-17(20(31)28-21)15(9-16(29)26-18)19(30)24-10-11-4-2-1-3-5-11/h1-8,15H,9-10H2,(H,24,30)(H3,25,26,27,28,29,31)/t15-/m1/s1. The van der Waals surface area contributed by atoms with E-state index in [1.165, 1.54) is 0 Å². The molecule has 0 unspecified atom stereocenters. The average molecular weight is 458 g/mol. The third-order valence-corrected chi connectivity index (χ3v) is 5.14. The second kappa shape index (κ2) is 8.79. The smallest absolute Gasteiger partial charge is 0.258 e. The van der Waals surface area contributed by atoms with E-state index in [1.807, 2.05) is 30.3 Å². The normalized spacial score (nSPS) is 15.0. The number of benzene rings is 2. The third-order valence-electron chi connectivity index (χ3n) is 4.70. The van der Waals surface area contributed by atoms with Crippen LogP contribution < -0.4 is 21.5 Å². The molecule has 10 heteroatoms. The maximum atomic E-state index is 12.8. The predicted molar refractivity (Wildman–Crippen MR) is 119 cm³/mol. The number of aromatic nitrogens is 2. The first-order chi connectivity index (χ1) is 14.9. The van der Waals surface area contributed by atoms with E-state index in [4.69, 9.17) is 23.2 Å². The van der Waals surface area contributed by atoms with Gasteiger partial charge in [0.2, 0.25) is 17.8 Å². The summed E-state index contributed by atoms with van der Waals surface area (Å²) < 4.78 is 0. The maximum Gasteiger partial charge on any atom is 0.258 e. The molecule has 2 amide bonds. The molecule has 1 aliphatic heterocycles. The summed E-state index contributed by atoms with van der Waals surface area (Å²) in [6.07, 6.45) is -0.144. The number of fused-ring (bicyclic) bond motifs is 1. The van der Waals surface area contributed by atoms with Crippen LogP contribution in [-0.2, 0) is 16.1 Å². The second-order valence-corrected chi connectivity index (χ2v) is 7.84. The highest BCUT2D eigenvalue weighted by molar-refractivity contribution is 6.35. The largest absolute Gasteiger partial charge is 0.351 e. The maximum absolute atomic E-state index is 12.8. The number of carbonyl (C=O) groups excluding carboxylic acids is 2. The first-order valence-corrected chi connectivity index (χ1v) is 10.1. The molecule has 4 rings (SSSR count). The number of halogens is 2. The van der Waals surface area contributed by atoms with Gasteiger partial charge in [0, 0.05) is 28.7 Å². The number of aromatic amines is 1. The van der Waals surface area contributed by atoms with Crippen LogP contribution in [0.25, 0.3) is 0 Å². The molecule has 0 fully saturated rings. The first kappa shape index (κ1) is 20.9. The molecule has 0 bridgehead atoms. The molecule has 158 valence electrons. The van der Waals surface area contributed by atoms with Crippen molar-refractivity contribution in [1.29, 1.82) is 0 Å². The molecule has 0 aliphatic carbocycles. The van der Waals surface area contributed by atoms with Crippen molar-refractivity contribution in [2.45, 2.75) is 18.9 Å². The zero-order valence-electron chi connectivity index (χ0n) is 16.0. The summed E-state index contributed by atoms with van der Waals surface area (Å²) in [6.45, 7) is 0.285. The highest BCUT2D eigenvalue weighted by atomic mass is 35.5. The van der Waals surface area contributed by atoms with Gasteiger partial charge in [0.1, 0.15) is 5.82 Å². The first-order valence-electron chi connectivity index (χ1n) is 9.38. The van der Waals surface area contributed by atoms with E-state index in [2.05, 4.69) is 25.9 Å². The number of amides is 2. The monoisotopic (exact) mass is 457 g/mol. The van der Waals surface area contributed by atoms with Crippen LogP contribution in [0.4, 0.5) is 17.5 Å². The lowest BCUT2D eigenvalue weighted by molar-refractivity contribution is -0.126. The lowest BCUT2D eigenvalue weighted by Crippen LogP contribution is -2.39. The van der Waals surface area contributed by atoms with E-state index < -0.39 is 23.3 Å². The van der Waals surface area contributed by atoms with Gasteiger partial charge in [-0.2, -0.15) is 4.98 Å². The molecule has 1 aromatic heterocycles. The zero-order chi connectivity index (χ0) is 22.0. The van der Waals surface area contributed by atoms with Crippen molar-refractivity contribution in [2.24, 2.45) is 0 Å². The number of hydrogen-bond donors (Lipinski definition) is 4. The van der Waals surface area contributed by atoms with Crippen molar-refractivity contribution in [1.82, 2.24) is 15.3 Å². The fraction of sp³-hybridized carbons (Fsp3) is 0.143. The van der Waals surface area contributed by atoms with E-state index >= 15 is 0 Å². The number of nitrogens with zero attached hydrogens (tertiary/aromatic N) is 1. The van der Waals surface area contributed by atoms with E-state index in [0.717, 1.165) is 5.56 Å². The molecule has 31 heavy (non-hydrogen) atoms. The Hall–Kier alpha value is -3.36. The van der Waals surface area contributed by atoms with E-state index in [-0.39, 0.29) is 30.3 Å². The number of hydrogen-bond acceptors (Lipinski definition) is 5. The van der Waals surface area contributed by atoms with Gasteiger partial charge in [-0.25, -0.2) is 0 Å². The Bertz CT molecular complexity index is 1190. The van der Waals surface area contributed by atoms with Gasteiger partial charge >= 0.3 is 0 Å². The highest BCUT2D eigenvalue weighted by Crippen LogP contribution is 2.30. The van der Waals surface area contributed by atoms with Crippen LogP contribution in [0.2, 0.25) is 10.0 Å².